The van der Waals surface area contributed by atoms with Crippen LogP contribution in [0.15, 0.2) is 18.2 Å². The second-order valence-electron chi connectivity index (χ2n) is 3.77. The van der Waals surface area contributed by atoms with E-state index in [4.69, 9.17) is 11.5 Å². The first-order chi connectivity index (χ1) is 7.86. The Labute approximate surface area is 96.6 Å². The zero-order valence-corrected chi connectivity index (χ0v) is 9.10. The van der Waals surface area contributed by atoms with Gasteiger partial charge >= 0.3 is 6.18 Å². The lowest BCUT2D eigenvalue weighted by Gasteiger charge is -2.14. The molecule has 0 bridgehead atoms. The van der Waals surface area contributed by atoms with Crippen molar-refractivity contribution in [2.45, 2.75) is 25.1 Å². The molecule has 4 N–H and O–H groups in total. The van der Waals surface area contributed by atoms with Crippen LogP contribution < -0.4 is 11.5 Å². The first kappa shape index (κ1) is 13.9. The van der Waals surface area contributed by atoms with Crippen molar-refractivity contribution in [2.24, 2.45) is 11.5 Å². The Balaban J connectivity index is 2.90. The number of alkyl halides is 3. The lowest BCUT2D eigenvalue weighted by Crippen LogP contribution is -2.15. The summed E-state index contributed by atoms with van der Waals surface area (Å²) in [7, 11) is 0. The Kier molecular flexibility index (Phi) is 4.47. The maximum Gasteiger partial charge on any atom is 0.416 e. The molecule has 1 rings (SSSR count). The van der Waals surface area contributed by atoms with Crippen molar-refractivity contribution in [3.63, 3.8) is 0 Å². The summed E-state index contributed by atoms with van der Waals surface area (Å²) in [6.45, 7) is 0.413. The maximum atomic E-state index is 13.4. The van der Waals surface area contributed by atoms with Crippen molar-refractivity contribution >= 4 is 0 Å². The van der Waals surface area contributed by atoms with Crippen molar-refractivity contribution in [1.29, 1.82) is 0 Å². The Morgan fingerprint density at radius 2 is 1.88 bits per heavy atom. The summed E-state index contributed by atoms with van der Waals surface area (Å²) in [6.07, 6.45) is -3.50. The number of nitrogens with two attached hydrogens (primary N) is 2. The van der Waals surface area contributed by atoms with E-state index in [0.29, 0.717) is 25.5 Å². The van der Waals surface area contributed by atoms with Gasteiger partial charge in [0.2, 0.25) is 0 Å². The molecule has 1 aromatic rings. The fraction of sp³-hybridized carbons (Fsp3) is 0.455. The summed E-state index contributed by atoms with van der Waals surface area (Å²) >= 11 is 0. The van der Waals surface area contributed by atoms with Gasteiger partial charge < -0.3 is 11.5 Å². The lowest BCUT2D eigenvalue weighted by atomic mass is 10.0. The van der Waals surface area contributed by atoms with Crippen molar-refractivity contribution in [3.8, 4) is 0 Å². The zero-order chi connectivity index (χ0) is 13.1. The minimum absolute atomic E-state index is 0.0893. The summed E-state index contributed by atoms with van der Waals surface area (Å²) in [5.74, 6) is -0.927. The molecule has 0 fully saturated rings. The number of rotatable bonds is 4. The molecule has 0 heterocycles. The lowest BCUT2D eigenvalue weighted by molar-refractivity contribution is -0.137. The summed E-state index contributed by atoms with van der Waals surface area (Å²) in [4.78, 5) is 0. The van der Waals surface area contributed by atoms with Crippen LogP contribution in [0.4, 0.5) is 17.6 Å². The first-order valence-corrected chi connectivity index (χ1v) is 5.18. The average Bonchev–Trinajstić information content (AvgIpc) is 2.24. The van der Waals surface area contributed by atoms with E-state index in [1.807, 2.05) is 0 Å². The minimum atomic E-state index is -4.54. The number of hydrogen-bond acceptors (Lipinski definition) is 2. The van der Waals surface area contributed by atoms with Gasteiger partial charge in [-0.2, -0.15) is 13.2 Å². The molecule has 6 heteroatoms. The van der Waals surface area contributed by atoms with Gasteiger partial charge in [-0.15, -0.1) is 0 Å². The molecule has 1 atom stereocenters. The highest BCUT2D eigenvalue weighted by molar-refractivity contribution is 5.28. The Morgan fingerprint density at radius 1 is 1.24 bits per heavy atom. The van der Waals surface area contributed by atoms with E-state index in [9.17, 15) is 17.6 Å². The van der Waals surface area contributed by atoms with E-state index in [2.05, 4.69) is 0 Å². The van der Waals surface area contributed by atoms with E-state index < -0.39 is 23.6 Å². The summed E-state index contributed by atoms with van der Waals surface area (Å²) in [6, 6.07) is 1.76. The van der Waals surface area contributed by atoms with Crippen LogP contribution in [0, 0.1) is 5.82 Å². The van der Waals surface area contributed by atoms with Gasteiger partial charge in [0, 0.05) is 11.6 Å². The van der Waals surface area contributed by atoms with Gasteiger partial charge in [-0.05, 0) is 31.5 Å². The van der Waals surface area contributed by atoms with Crippen molar-refractivity contribution in [2.75, 3.05) is 6.54 Å². The number of halogens is 4. The van der Waals surface area contributed by atoms with Crippen LogP contribution in [-0.4, -0.2) is 6.54 Å². The first-order valence-electron chi connectivity index (χ1n) is 5.18. The number of hydrogen-bond donors (Lipinski definition) is 2. The van der Waals surface area contributed by atoms with Crippen LogP contribution in [0.2, 0.25) is 0 Å². The third kappa shape index (κ3) is 3.67. The van der Waals surface area contributed by atoms with Crippen molar-refractivity contribution < 1.29 is 17.6 Å². The van der Waals surface area contributed by atoms with E-state index in [1.165, 1.54) is 0 Å². The molecule has 2 nitrogen and oxygen atoms in total. The molecule has 0 saturated carbocycles. The average molecular weight is 250 g/mol. The van der Waals surface area contributed by atoms with Crippen LogP contribution in [0.25, 0.3) is 0 Å². The molecule has 0 saturated heterocycles. The molecule has 17 heavy (non-hydrogen) atoms. The fourth-order valence-corrected chi connectivity index (χ4v) is 1.50. The molecule has 0 spiro atoms. The highest BCUT2D eigenvalue weighted by atomic mass is 19.4. The molecular formula is C11H14F4N2. The molecule has 0 amide bonds. The summed E-state index contributed by atoms with van der Waals surface area (Å²) in [5, 5.41) is 0. The second kappa shape index (κ2) is 5.46. The van der Waals surface area contributed by atoms with E-state index in [1.54, 1.807) is 0 Å². The standard InChI is InChI=1S/C11H14F4N2/c12-9-6-7(11(13,14)15)3-4-8(9)10(17)2-1-5-16/h3-4,6,10H,1-2,5,16-17H2/t10-/m1/s1. The highest BCUT2D eigenvalue weighted by Gasteiger charge is 2.31. The quantitative estimate of drug-likeness (QED) is 0.807. The molecule has 0 unspecified atom stereocenters. The molecule has 96 valence electrons. The van der Waals surface area contributed by atoms with Gasteiger partial charge in [0.15, 0.2) is 0 Å². The predicted octanol–water partition coefficient (Wildman–Crippen LogP) is 2.58. The monoisotopic (exact) mass is 250 g/mol. The second-order valence-corrected chi connectivity index (χ2v) is 3.77. The van der Waals surface area contributed by atoms with E-state index in [0.717, 1.165) is 12.1 Å². The topological polar surface area (TPSA) is 52.0 Å². The minimum Gasteiger partial charge on any atom is -0.330 e. The SMILES string of the molecule is NCCC[C@@H](N)c1ccc(C(F)(F)F)cc1F. The largest absolute Gasteiger partial charge is 0.416 e. The maximum absolute atomic E-state index is 13.4. The van der Waals surface area contributed by atoms with Gasteiger partial charge in [0.1, 0.15) is 5.82 Å². The van der Waals surface area contributed by atoms with Crippen LogP contribution in [-0.2, 0) is 6.18 Å². The molecule has 0 aliphatic carbocycles. The summed E-state index contributed by atoms with van der Waals surface area (Å²) < 4.78 is 50.3. The highest BCUT2D eigenvalue weighted by Crippen LogP contribution is 2.31. The van der Waals surface area contributed by atoms with Crippen molar-refractivity contribution in [3.05, 3.63) is 35.1 Å². The smallest absolute Gasteiger partial charge is 0.330 e. The van der Waals surface area contributed by atoms with Crippen LogP contribution in [0.1, 0.15) is 30.0 Å². The van der Waals surface area contributed by atoms with Gasteiger partial charge in [0.25, 0.3) is 0 Å². The predicted molar refractivity (Wildman–Crippen MR) is 56.6 cm³/mol. The van der Waals surface area contributed by atoms with Gasteiger partial charge in [-0.3, -0.25) is 0 Å². The van der Waals surface area contributed by atoms with Gasteiger partial charge in [0.05, 0.1) is 5.56 Å². The van der Waals surface area contributed by atoms with Gasteiger partial charge in [-0.25, -0.2) is 4.39 Å². The normalized spacial score (nSPS) is 13.8. The fourth-order valence-electron chi connectivity index (χ4n) is 1.50. The third-order valence-electron chi connectivity index (χ3n) is 2.45. The molecule has 0 aliphatic rings. The number of benzene rings is 1. The molecular weight excluding hydrogens is 236 g/mol. The van der Waals surface area contributed by atoms with E-state index >= 15 is 0 Å². The molecule has 0 radical (unpaired) electrons. The zero-order valence-electron chi connectivity index (χ0n) is 9.10. The van der Waals surface area contributed by atoms with E-state index in [-0.39, 0.29) is 5.56 Å². The third-order valence-corrected chi connectivity index (χ3v) is 2.45. The van der Waals surface area contributed by atoms with Crippen LogP contribution in [0.3, 0.4) is 0 Å². The van der Waals surface area contributed by atoms with Crippen molar-refractivity contribution in [1.82, 2.24) is 0 Å². The molecule has 1 aromatic carbocycles. The molecule has 0 aliphatic heterocycles. The van der Waals surface area contributed by atoms with Crippen LogP contribution in [0.5, 0.6) is 0 Å². The summed E-state index contributed by atoms with van der Waals surface area (Å²) in [5.41, 5.74) is 10.0. The Morgan fingerprint density at radius 3 is 2.35 bits per heavy atom. The Bertz CT molecular complexity index is 376. The molecule has 0 aromatic heterocycles. The van der Waals surface area contributed by atoms with Gasteiger partial charge in [-0.1, -0.05) is 6.07 Å². The van der Waals surface area contributed by atoms with Crippen LogP contribution >= 0.6 is 0 Å². The Hall–Kier alpha value is -1.14.